The largest absolute Gasteiger partial charge is 0.366 e. The average molecular weight is 423 g/mol. The number of hydrogen-bond acceptors (Lipinski definition) is 6. The van der Waals surface area contributed by atoms with Crippen LogP contribution in [0.5, 0.6) is 0 Å². The van der Waals surface area contributed by atoms with Crippen molar-refractivity contribution in [2.45, 2.75) is 25.3 Å². The second-order valence-electron chi connectivity index (χ2n) is 7.66. The SMILES string of the molecule is CC1(c2ccccc2)NC(=O)N(NC(=O)c2ccc(N3CCCC3)c([N+](=O)[O-])c2)C1=O. The number of hydrazine groups is 1. The van der Waals surface area contributed by atoms with E-state index in [2.05, 4.69) is 10.7 Å². The number of nitrogens with zero attached hydrogens (tertiary/aromatic N) is 3. The second-order valence-corrected chi connectivity index (χ2v) is 7.66. The lowest BCUT2D eigenvalue weighted by Crippen LogP contribution is -2.47. The summed E-state index contributed by atoms with van der Waals surface area (Å²) in [5.74, 6) is -1.45. The number of carbonyl (C=O) groups excluding carboxylic acids is 3. The molecule has 160 valence electrons. The highest BCUT2D eigenvalue weighted by Gasteiger charge is 2.50. The second kappa shape index (κ2) is 7.71. The number of urea groups is 1. The van der Waals surface area contributed by atoms with Crippen molar-refractivity contribution in [1.82, 2.24) is 15.8 Å². The van der Waals surface area contributed by atoms with Gasteiger partial charge >= 0.3 is 6.03 Å². The number of carbonyl (C=O) groups is 3. The van der Waals surface area contributed by atoms with Crippen LogP contribution >= 0.6 is 0 Å². The Morgan fingerprint density at radius 3 is 2.45 bits per heavy atom. The van der Waals surface area contributed by atoms with Crippen molar-refractivity contribution < 1.29 is 19.3 Å². The number of nitro benzene ring substituents is 1. The van der Waals surface area contributed by atoms with Crippen molar-refractivity contribution >= 4 is 29.2 Å². The fraction of sp³-hybridized carbons (Fsp3) is 0.286. The van der Waals surface area contributed by atoms with Crippen LogP contribution in [-0.2, 0) is 10.3 Å². The van der Waals surface area contributed by atoms with Gasteiger partial charge in [0, 0.05) is 24.7 Å². The van der Waals surface area contributed by atoms with Crippen molar-refractivity contribution in [3.05, 3.63) is 69.8 Å². The zero-order valence-electron chi connectivity index (χ0n) is 16.8. The summed E-state index contributed by atoms with van der Waals surface area (Å²) in [5.41, 5.74) is 1.73. The third-order valence-electron chi connectivity index (χ3n) is 5.64. The molecule has 0 aliphatic carbocycles. The molecule has 4 rings (SSSR count). The van der Waals surface area contributed by atoms with Crippen molar-refractivity contribution in [3.8, 4) is 0 Å². The molecule has 4 amide bonds. The minimum atomic E-state index is -1.34. The molecule has 1 atom stereocenters. The number of rotatable bonds is 5. The smallest absolute Gasteiger partial charge is 0.344 e. The molecule has 2 aliphatic heterocycles. The number of anilines is 1. The van der Waals surface area contributed by atoms with E-state index in [1.54, 1.807) is 37.3 Å². The maximum absolute atomic E-state index is 12.9. The van der Waals surface area contributed by atoms with Crippen LogP contribution in [0.1, 0.15) is 35.7 Å². The topological polar surface area (TPSA) is 125 Å². The zero-order valence-corrected chi connectivity index (χ0v) is 16.8. The average Bonchev–Trinajstić information content (AvgIpc) is 3.37. The lowest BCUT2D eigenvalue weighted by Gasteiger charge is -2.22. The number of nitrogens with one attached hydrogen (secondary N) is 2. The molecule has 0 bridgehead atoms. The van der Waals surface area contributed by atoms with Crippen LogP contribution in [0.25, 0.3) is 0 Å². The number of nitro groups is 1. The molecule has 2 fully saturated rings. The molecule has 2 aromatic rings. The standard InChI is InChI=1S/C21H21N5O5/c1-21(15-7-3-2-4-8-15)19(28)25(20(29)22-21)23-18(27)14-9-10-16(17(13-14)26(30)31)24-11-5-6-12-24/h2-4,7-10,13H,5-6,11-12H2,1H3,(H,22,29)(H,23,27). The van der Waals surface area contributed by atoms with Gasteiger partial charge < -0.3 is 10.2 Å². The summed E-state index contributed by atoms with van der Waals surface area (Å²) in [5, 5.41) is 14.8. The van der Waals surface area contributed by atoms with Gasteiger partial charge in [0.2, 0.25) is 0 Å². The van der Waals surface area contributed by atoms with Gasteiger partial charge in [-0.05, 0) is 37.5 Å². The van der Waals surface area contributed by atoms with Gasteiger partial charge in [0.25, 0.3) is 17.5 Å². The lowest BCUT2D eigenvalue weighted by atomic mass is 9.92. The van der Waals surface area contributed by atoms with Crippen molar-refractivity contribution in [2.24, 2.45) is 0 Å². The van der Waals surface area contributed by atoms with Crippen LogP contribution < -0.4 is 15.6 Å². The Kier molecular flexibility index (Phi) is 5.05. The summed E-state index contributed by atoms with van der Waals surface area (Å²) in [6.45, 7) is 2.98. The summed E-state index contributed by atoms with van der Waals surface area (Å²) in [7, 11) is 0. The molecule has 0 aromatic heterocycles. The summed E-state index contributed by atoms with van der Waals surface area (Å²) >= 11 is 0. The Morgan fingerprint density at radius 2 is 1.81 bits per heavy atom. The Morgan fingerprint density at radius 1 is 1.13 bits per heavy atom. The van der Waals surface area contributed by atoms with Gasteiger partial charge in [0.05, 0.1) is 4.92 Å². The molecule has 0 radical (unpaired) electrons. The molecule has 1 unspecified atom stereocenters. The molecule has 0 spiro atoms. The van der Waals surface area contributed by atoms with Gasteiger partial charge in [0.1, 0.15) is 11.2 Å². The van der Waals surface area contributed by atoms with Crippen LogP contribution in [0.2, 0.25) is 0 Å². The van der Waals surface area contributed by atoms with Crippen molar-refractivity contribution in [1.29, 1.82) is 0 Å². The van der Waals surface area contributed by atoms with Gasteiger partial charge in [-0.2, -0.15) is 5.01 Å². The van der Waals surface area contributed by atoms with Gasteiger partial charge in [0.15, 0.2) is 0 Å². The van der Waals surface area contributed by atoms with E-state index in [-0.39, 0.29) is 11.3 Å². The van der Waals surface area contributed by atoms with E-state index in [1.165, 1.54) is 12.1 Å². The monoisotopic (exact) mass is 423 g/mol. The first-order chi connectivity index (χ1) is 14.8. The number of imide groups is 1. The molecular formula is C21H21N5O5. The maximum atomic E-state index is 12.9. The van der Waals surface area contributed by atoms with E-state index in [1.807, 2.05) is 4.90 Å². The highest BCUT2D eigenvalue weighted by atomic mass is 16.6. The summed E-state index contributed by atoms with van der Waals surface area (Å²) in [6.07, 6.45) is 1.90. The van der Waals surface area contributed by atoms with Gasteiger partial charge in [-0.1, -0.05) is 30.3 Å². The Bertz CT molecular complexity index is 1070. The van der Waals surface area contributed by atoms with E-state index in [9.17, 15) is 24.5 Å². The van der Waals surface area contributed by atoms with E-state index >= 15 is 0 Å². The van der Waals surface area contributed by atoms with Crippen LogP contribution in [0.15, 0.2) is 48.5 Å². The number of hydrogen-bond donors (Lipinski definition) is 2. The molecule has 0 saturated carbocycles. The predicted octanol–water partition coefficient (Wildman–Crippen LogP) is 2.31. The highest BCUT2D eigenvalue weighted by Crippen LogP contribution is 2.32. The first-order valence-electron chi connectivity index (χ1n) is 9.88. The molecule has 10 nitrogen and oxygen atoms in total. The van der Waals surface area contributed by atoms with E-state index in [0.717, 1.165) is 18.9 Å². The van der Waals surface area contributed by atoms with Crippen molar-refractivity contribution in [2.75, 3.05) is 18.0 Å². The summed E-state index contributed by atoms with van der Waals surface area (Å²) < 4.78 is 0. The molecular weight excluding hydrogens is 402 g/mol. The first kappa shape index (κ1) is 20.3. The van der Waals surface area contributed by atoms with Gasteiger partial charge in [-0.25, -0.2) is 4.79 Å². The minimum absolute atomic E-state index is 0.0245. The maximum Gasteiger partial charge on any atom is 0.344 e. The molecule has 2 heterocycles. The molecule has 31 heavy (non-hydrogen) atoms. The molecule has 2 N–H and O–H groups in total. The van der Waals surface area contributed by atoms with Crippen molar-refractivity contribution in [3.63, 3.8) is 0 Å². The number of amides is 4. The van der Waals surface area contributed by atoms with E-state index in [4.69, 9.17) is 0 Å². The van der Waals surface area contributed by atoms with Gasteiger partial charge in [-0.15, -0.1) is 0 Å². The predicted molar refractivity (Wildman–Crippen MR) is 111 cm³/mol. The normalized spacial score (nSPS) is 20.7. The summed E-state index contributed by atoms with van der Waals surface area (Å²) in [6, 6.07) is 12.0. The van der Waals surface area contributed by atoms with Crippen LogP contribution in [-0.4, -0.2) is 40.9 Å². The molecule has 2 saturated heterocycles. The fourth-order valence-electron chi connectivity index (χ4n) is 3.91. The summed E-state index contributed by atoms with van der Waals surface area (Å²) in [4.78, 5) is 51.0. The van der Waals surface area contributed by atoms with E-state index in [0.29, 0.717) is 29.3 Å². The molecule has 10 heteroatoms. The molecule has 2 aromatic carbocycles. The van der Waals surface area contributed by atoms with Crippen LogP contribution in [0, 0.1) is 10.1 Å². The first-order valence-corrected chi connectivity index (χ1v) is 9.88. The minimum Gasteiger partial charge on any atom is -0.366 e. The zero-order chi connectivity index (χ0) is 22.2. The Labute approximate surface area is 177 Å². The quantitative estimate of drug-likeness (QED) is 0.432. The van der Waals surface area contributed by atoms with Gasteiger partial charge in [-0.3, -0.25) is 25.1 Å². The number of benzene rings is 2. The fourth-order valence-corrected chi connectivity index (χ4v) is 3.91. The highest BCUT2D eigenvalue weighted by molar-refractivity contribution is 6.09. The third kappa shape index (κ3) is 3.56. The Hall–Kier alpha value is -3.95. The Balaban J connectivity index is 1.57. The van der Waals surface area contributed by atoms with Crippen LogP contribution in [0.4, 0.5) is 16.2 Å². The lowest BCUT2D eigenvalue weighted by molar-refractivity contribution is -0.384. The third-order valence-corrected chi connectivity index (χ3v) is 5.64. The van der Waals surface area contributed by atoms with E-state index < -0.39 is 28.3 Å². The van der Waals surface area contributed by atoms with Crippen LogP contribution in [0.3, 0.4) is 0 Å². The molecule has 2 aliphatic rings.